The summed E-state index contributed by atoms with van der Waals surface area (Å²) >= 11 is 0. The van der Waals surface area contributed by atoms with Gasteiger partial charge in [-0.2, -0.15) is 0 Å². The number of fused-ring (bicyclic) bond motifs is 1. The highest BCUT2D eigenvalue weighted by molar-refractivity contribution is 6.74. The molecule has 7 heteroatoms. The standard InChI is InChI=1S/C42H74O5Si2/c1-17-19-26-40(10,11)45-37(43)30-44-42(47-49(15,16)39(7,8)9)28-33(31(3)36(29-42)46-48(13,14)38(4,5)6)23-22-32-21-20-27-41(12)34(18-2)24-25-35(32)41/h22-24,35-36H,3,17-21,25-30H2,1-2,4-16H3/t35-,36-,41+,42+/m0/s1. The number of carbonyl (C=O) groups is 1. The molecule has 0 aromatic carbocycles. The molecule has 5 nitrogen and oxygen atoms in total. The number of ether oxygens (including phenoxy) is 2. The molecule has 3 rings (SSSR count). The molecule has 0 bridgehead atoms. The molecule has 0 aliphatic heterocycles. The maximum atomic E-state index is 13.4. The number of hydrogen-bond donors (Lipinski definition) is 0. The van der Waals surface area contributed by atoms with E-state index in [-0.39, 0.29) is 34.2 Å². The summed E-state index contributed by atoms with van der Waals surface area (Å²) in [6.07, 6.45) is 16.7. The lowest BCUT2D eigenvalue weighted by Gasteiger charge is -2.51. The molecule has 0 aromatic rings. The highest BCUT2D eigenvalue weighted by atomic mass is 28.4. The summed E-state index contributed by atoms with van der Waals surface area (Å²) in [7, 11) is -4.58. The van der Waals surface area contributed by atoms with E-state index in [4.69, 9.17) is 24.9 Å². The summed E-state index contributed by atoms with van der Waals surface area (Å²) in [4.78, 5) is 13.4. The average Bonchev–Trinajstić information content (AvgIpc) is 3.31. The van der Waals surface area contributed by atoms with Crippen molar-refractivity contribution in [1.82, 2.24) is 0 Å². The van der Waals surface area contributed by atoms with Crippen molar-refractivity contribution < 1.29 is 23.1 Å². The van der Waals surface area contributed by atoms with Crippen LogP contribution in [0.1, 0.15) is 140 Å². The quantitative estimate of drug-likeness (QED) is 0.0823. The molecule has 2 saturated carbocycles. The lowest BCUT2D eigenvalue weighted by atomic mass is 9.64. The third-order valence-electron chi connectivity index (χ3n) is 12.8. The van der Waals surface area contributed by atoms with E-state index in [0.29, 0.717) is 18.8 Å². The molecule has 49 heavy (non-hydrogen) atoms. The van der Waals surface area contributed by atoms with Gasteiger partial charge in [-0.25, -0.2) is 4.79 Å². The zero-order valence-electron chi connectivity index (χ0n) is 34.4. The molecule has 0 aromatic heterocycles. The van der Waals surface area contributed by atoms with Crippen LogP contribution in [0, 0.1) is 11.3 Å². The Morgan fingerprint density at radius 2 is 1.63 bits per heavy atom. The van der Waals surface area contributed by atoms with Gasteiger partial charge in [0.15, 0.2) is 22.4 Å². The van der Waals surface area contributed by atoms with E-state index in [9.17, 15) is 4.79 Å². The van der Waals surface area contributed by atoms with Gasteiger partial charge in [0.25, 0.3) is 0 Å². The SMILES string of the molecule is C=C1C(=CC=C2CCC[C@]3(C)C(CC)=CC[C@@H]23)C[C@@](OCC(=O)OC(C)(C)CCCC)(O[Si](C)(C)C(C)(C)C)C[C@@H]1O[Si](C)(C)C(C)(C)C. The van der Waals surface area contributed by atoms with Gasteiger partial charge in [0.2, 0.25) is 0 Å². The topological polar surface area (TPSA) is 54.0 Å². The van der Waals surface area contributed by atoms with E-state index in [0.717, 1.165) is 49.7 Å². The first kappa shape index (κ1) is 42.2. The van der Waals surface area contributed by atoms with Gasteiger partial charge in [0, 0.05) is 12.8 Å². The first-order valence-electron chi connectivity index (χ1n) is 19.3. The van der Waals surface area contributed by atoms with Gasteiger partial charge in [-0.3, -0.25) is 0 Å². The zero-order valence-corrected chi connectivity index (χ0v) is 36.4. The van der Waals surface area contributed by atoms with Gasteiger partial charge < -0.3 is 18.3 Å². The van der Waals surface area contributed by atoms with E-state index in [2.05, 4.69) is 107 Å². The Balaban J connectivity index is 2.08. The van der Waals surface area contributed by atoms with Crippen molar-refractivity contribution in [3.8, 4) is 0 Å². The van der Waals surface area contributed by atoms with E-state index in [1.165, 1.54) is 18.4 Å². The minimum absolute atomic E-state index is 0.0211. The molecule has 3 aliphatic rings. The molecule has 0 radical (unpaired) electrons. The number of allylic oxidation sites excluding steroid dienone is 5. The maximum absolute atomic E-state index is 13.4. The maximum Gasteiger partial charge on any atom is 0.332 e. The van der Waals surface area contributed by atoms with Gasteiger partial charge in [0.1, 0.15) is 12.2 Å². The summed E-state index contributed by atoms with van der Waals surface area (Å²) in [5.74, 6) is -0.834. The van der Waals surface area contributed by atoms with Gasteiger partial charge in [-0.15, -0.1) is 0 Å². The molecule has 0 amide bonds. The van der Waals surface area contributed by atoms with Crippen molar-refractivity contribution >= 4 is 22.6 Å². The Morgan fingerprint density at radius 3 is 2.20 bits per heavy atom. The smallest absolute Gasteiger partial charge is 0.332 e. The van der Waals surface area contributed by atoms with Gasteiger partial charge in [-0.1, -0.05) is 105 Å². The second kappa shape index (κ2) is 15.4. The van der Waals surface area contributed by atoms with E-state index < -0.39 is 28.0 Å². The van der Waals surface area contributed by atoms with Crippen LogP contribution in [0.3, 0.4) is 0 Å². The fourth-order valence-electron chi connectivity index (χ4n) is 7.58. The largest absolute Gasteiger partial charge is 0.458 e. The van der Waals surface area contributed by atoms with Crippen molar-refractivity contribution in [2.24, 2.45) is 11.3 Å². The lowest BCUT2D eigenvalue weighted by molar-refractivity contribution is -0.219. The predicted molar refractivity (Wildman–Crippen MR) is 212 cm³/mol. The molecule has 0 heterocycles. The summed E-state index contributed by atoms with van der Waals surface area (Å²) in [6, 6.07) is 0. The van der Waals surface area contributed by atoms with Crippen LogP contribution in [0.5, 0.6) is 0 Å². The van der Waals surface area contributed by atoms with Crippen LogP contribution in [0.4, 0.5) is 0 Å². The normalized spacial score (nSPS) is 29.0. The van der Waals surface area contributed by atoms with Gasteiger partial charge in [0.05, 0.1) is 6.10 Å². The Morgan fingerprint density at radius 1 is 1.00 bits per heavy atom. The molecule has 280 valence electrons. The van der Waals surface area contributed by atoms with Crippen molar-refractivity contribution in [2.75, 3.05) is 6.61 Å². The van der Waals surface area contributed by atoms with Crippen LogP contribution in [-0.4, -0.2) is 46.7 Å². The molecular weight excluding hydrogens is 641 g/mol. The van der Waals surface area contributed by atoms with Crippen molar-refractivity contribution in [1.29, 1.82) is 0 Å². The van der Waals surface area contributed by atoms with Crippen LogP contribution in [-0.2, 0) is 23.1 Å². The third kappa shape index (κ3) is 10.00. The molecule has 0 unspecified atom stereocenters. The third-order valence-corrected chi connectivity index (χ3v) is 21.8. The van der Waals surface area contributed by atoms with Gasteiger partial charge in [-0.05, 0) is 118 Å². The zero-order chi connectivity index (χ0) is 37.3. The average molecular weight is 715 g/mol. The Kier molecular flexibility index (Phi) is 13.2. The Hall–Kier alpha value is -1.26. The lowest BCUT2D eigenvalue weighted by Crippen LogP contribution is -2.56. The summed E-state index contributed by atoms with van der Waals surface area (Å²) in [5, 5.41) is -0.0333. The monoisotopic (exact) mass is 715 g/mol. The predicted octanol–water partition coefficient (Wildman–Crippen LogP) is 12.4. The minimum Gasteiger partial charge on any atom is -0.458 e. The molecule has 3 aliphatic carbocycles. The molecule has 2 fully saturated rings. The van der Waals surface area contributed by atoms with Crippen LogP contribution in [0.15, 0.2) is 47.1 Å². The highest BCUT2D eigenvalue weighted by Crippen LogP contribution is 2.56. The number of unbranched alkanes of at least 4 members (excludes halogenated alkanes) is 1. The van der Waals surface area contributed by atoms with Crippen LogP contribution in [0.25, 0.3) is 0 Å². The van der Waals surface area contributed by atoms with E-state index in [1.807, 2.05) is 13.8 Å². The number of rotatable bonds is 13. The first-order valence-corrected chi connectivity index (χ1v) is 25.2. The molecular formula is C42H74O5Si2. The first-order chi connectivity index (χ1) is 22.3. The van der Waals surface area contributed by atoms with Gasteiger partial charge >= 0.3 is 5.97 Å². The summed E-state index contributed by atoms with van der Waals surface area (Å²) < 4.78 is 27.3. The number of hydrogen-bond acceptors (Lipinski definition) is 5. The van der Waals surface area contributed by atoms with Crippen LogP contribution >= 0.6 is 0 Å². The summed E-state index contributed by atoms with van der Waals surface area (Å²) in [5.41, 5.74) is 5.00. The molecule has 0 saturated heterocycles. The number of carbonyl (C=O) groups excluding carboxylic acids is 1. The molecule has 0 N–H and O–H groups in total. The Bertz CT molecular complexity index is 1290. The van der Waals surface area contributed by atoms with Crippen LogP contribution in [0.2, 0.25) is 36.3 Å². The highest BCUT2D eigenvalue weighted by Gasteiger charge is 2.52. The fourth-order valence-corrected chi connectivity index (χ4v) is 10.3. The fraction of sp³-hybridized carbons (Fsp3) is 0.786. The van der Waals surface area contributed by atoms with Crippen molar-refractivity contribution in [3.63, 3.8) is 0 Å². The van der Waals surface area contributed by atoms with E-state index in [1.54, 1.807) is 5.57 Å². The second-order valence-electron chi connectivity index (χ2n) is 19.2. The minimum atomic E-state index is -2.37. The van der Waals surface area contributed by atoms with Crippen molar-refractivity contribution in [3.05, 3.63) is 47.1 Å². The molecule has 4 atom stereocenters. The second-order valence-corrected chi connectivity index (χ2v) is 28.7. The van der Waals surface area contributed by atoms with Crippen molar-refractivity contribution in [2.45, 2.75) is 194 Å². The number of esters is 1. The summed E-state index contributed by atoms with van der Waals surface area (Å²) in [6.45, 7) is 38.2. The van der Waals surface area contributed by atoms with E-state index >= 15 is 0 Å². The molecule has 0 spiro atoms. The van der Waals surface area contributed by atoms with Crippen LogP contribution < -0.4 is 0 Å². The Labute approximate surface area is 304 Å².